The molecule has 3 aromatic rings. The topological polar surface area (TPSA) is 83.6 Å². The van der Waals surface area contributed by atoms with E-state index in [1.807, 2.05) is 43.3 Å². The van der Waals surface area contributed by atoms with Crippen LogP contribution in [-0.4, -0.2) is 32.9 Å². The van der Waals surface area contributed by atoms with Crippen LogP contribution >= 0.6 is 0 Å². The molecule has 0 spiro atoms. The monoisotopic (exact) mass is 492 g/mol. The number of carbonyl (C=O) groups excluding carboxylic acids is 2. The van der Waals surface area contributed by atoms with Crippen molar-refractivity contribution in [2.45, 2.75) is 39.5 Å². The van der Waals surface area contributed by atoms with Crippen molar-refractivity contribution in [3.63, 3.8) is 0 Å². The Morgan fingerprint density at radius 2 is 1.51 bits per heavy atom. The molecular formula is C28H32N2O4S. The van der Waals surface area contributed by atoms with Crippen molar-refractivity contribution in [1.29, 1.82) is 0 Å². The molecule has 0 atom stereocenters. The van der Waals surface area contributed by atoms with E-state index < -0.39 is 15.9 Å². The minimum atomic E-state index is -3.68. The third kappa shape index (κ3) is 6.79. The van der Waals surface area contributed by atoms with E-state index in [2.05, 4.69) is 26.1 Å². The van der Waals surface area contributed by atoms with Crippen LogP contribution in [0.25, 0.3) is 0 Å². The summed E-state index contributed by atoms with van der Waals surface area (Å²) in [7, 11) is -3.68. The first-order valence-electron chi connectivity index (χ1n) is 11.5. The van der Waals surface area contributed by atoms with Gasteiger partial charge in [-0.25, -0.2) is 8.42 Å². The first kappa shape index (κ1) is 26.2. The second-order valence-corrected chi connectivity index (χ2v) is 11.5. The van der Waals surface area contributed by atoms with Crippen LogP contribution in [0.3, 0.4) is 0 Å². The van der Waals surface area contributed by atoms with Gasteiger partial charge in [-0.05, 0) is 47.2 Å². The van der Waals surface area contributed by atoms with Crippen LogP contribution < -0.4 is 9.62 Å². The minimum absolute atomic E-state index is 0.0102. The number of anilines is 2. The molecule has 1 amide bonds. The van der Waals surface area contributed by atoms with Crippen molar-refractivity contribution >= 4 is 33.1 Å². The summed E-state index contributed by atoms with van der Waals surface area (Å²) in [6.07, 6.45) is 1.90. The lowest BCUT2D eigenvalue weighted by molar-refractivity contribution is -0.114. The highest BCUT2D eigenvalue weighted by Crippen LogP contribution is 2.24. The van der Waals surface area contributed by atoms with Crippen LogP contribution in [0.5, 0.6) is 0 Å². The molecule has 35 heavy (non-hydrogen) atoms. The summed E-state index contributed by atoms with van der Waals surface area (Å²) in [5, 5.41) is 2.72. The Balaban J connectivity index is 1.75. The first-order chi connectivity index (χ1) is 16.4. The van der Waals surface area contributed by atoms with E-state index in [9.17, 15) is 18.0 Å². The molecule has 184 valence electrons. The molecule has 6 nitrogen and oxygen atoms in total. The standard InChI is InChI=1S/C28H32N2O4S/c1-6-20-10-16-25(17-11-20)30(35(5,33)34)19-26(31)29-24-9-7-8-22(18-24)27(32)21-12-14-23(15-13-21)28(2,3)4/h7-18H,6,19H2,1-5H3,(H,29,31). The van der Waals surface area contributed by atoms with E-state index in [1.54, 1.807) is 36.4 Å². The minimum Gasteiger partial charge on any atom is -0.324 e. The number of benzene rings is 3. The van der Waals surface area contributed by atoms with E-state index in [-0.39, 0.29) is 17.7 Å². The Labute approximate surface area is 208 Å². The number of nitrogens with one attached hydrogen (secondary N) is 1. The van der Waals surface area contributed by atoms with Gasteiger partial charge in [-0.15, -0.1) is 0 Å². The predicted molar refractivity (Wildman–Crippen MR) is 142 cm³/mol. The van der Waals surface area contributed by atoms with Crippen LogP contribution in [0.4, 0.5) is 11.4 Å². The van der Waals surface area contributed by atoms with Crippen LogP contribution in [0, 0.1) is 0 Å². The largest absolute Gasteiger partial charge is 0.324 e. The maximum atomic E-state index is 13.0. The summed E-state index contributed by atoms with van der Waals surface area (Å²) in [6.45, 7) is 7.97. The van der Waals surface area contributed by atoms with Crippen molar-refractivity contribution < 1.29 is 18.0 Å². The number of sulfonamides is 1. The lowest BCUT2D eigenvalue weighted by Crippen LogP contribution is -2.37. The average molecular weight is 493 g/mol. The van der Waals surface area contributed by atoms with Gasteiger partial charge in [0, 0.05) is 16.8 Å². The van der Waals surface area contributed by atoms with Gasteiger partial charge >= 0.3 is 0 Å². The van der Waals surface area contributed by atoms with Gasteiger partial charge in [0.25, 0.3) is 0 Å². The second kappa shape index (κ2) is 10.4. The van der Waals surface area contributed by atoms with Crippen LogP contribution in [0.15, 0.2) is 72.8 Å². The number of amides is 1. The maximum absolute atomic E-state index is 13.0. The molecule has 0 fully saturated rings. The molecule has 1 N–H and O–H groups in total. The Kier molecular flexibility index (Phi) is 7.80. The summed E-state index contributed by atoms with van der Waals surface area (Å²) in [5.41, 5.74) is 4.02. The van der Waals surface area contributed by atoms with Gasteiger partial charge < -0.3 is 5.32 Å². The Hall–Kier alpha value is -3.45. The molecule has 0 saturated carbocycles. The highest BCUT2D eigenvalue weighted by molar-refractivity contribution is 7.92. The lowest BCUT2D eigenvalue weighted by Gasteiger charge is -2.22. The molecule has 0 radical (unpaired) electrons. The number of rotatable bonds is 8. The fourth-order valence-electron chi connectivity index (χ4n) is 3.66. The molecule has 0 aliphatic heterocycles. The van der Waals surface area contributed by atoms with Crippen molar-refractivity contribution in [1.82, 2.24) is 0 Å². The highest BCUT2D eigenvalue weighted by Gasteiger charge is 2.21. The zero-order valence-corrected chi connectivity index (χ0v) is 21.6. The number of nitrogens with zero attached hydrogens (tertiary/aromatic N) is 1. The van der Waals surface area contributed by atoms with E-state index in [0.717, 1.165) is 28.1 Å². The molecule has 0 heterocycles. The van der Waals surface area contributed by atoms with E-state index in [0.29, 0.717) is 22.5 Å². The first-order valence-corrected chi connectivity index (χ1v) is 13.3. The van der Waals surface area contributed by atoms with Crippen molar-refractivity contribution in [3.8, 4) is 0 Å². The third-order valence-corrected chi connectivity index (χ3v) is 6.88. The van der Waals surface area contributed by atoms with Gasteiger partial charge in [-0.2, -0.15) is 0 Å². The summed E-state index contributed by atoms with van der Waals surface area (Å²) >= 11 is 0. The molecule has 0 aliphatic rings. The fourth-order valence-corrected chi connectivity index (χ4v) is 4.51. The fraction of sp³-hybridized carbons (Fsp3) is 0.286. The quantitative estimate of drug-likeness (QED) is 0.439. The second-order valence-electron chi connectivity index (χ2n) is 9.58. The predicted octanol–water partition coefficient (Wildman–Crippen LogP) is 5.18. The Morgan fingerprint density at radius 1 is 0.886 bits per heavy atom. The van der Waals surface area contributed by atoms with E-state index in [1.165, 1.54) is 0 Å². The van der Waals surface area contributed by atoms with Crippen LogP contribution in [0.1, 0.15) is 54.7 Å². The SMILES string of the molecule is CCc1ccc(N(CC(=O)Nc2cccc(C(=O)c3ccc(C(C)(C)C)cc3)c2)S(C)(=O)=O)cc1. The van der Waals surface area contributed by atoms with Gasteiger partial charge in [0.05, 0.1) is 11.9 Å². The number of ketones is 1. The van der Waals surface area contributed by atoms with Gasteiger partial charge in [0.2, 0.25) is 15.9 Å². The molecule has 3 aromatic carbocycles. The molecule has 0 aromatic heterocycles. The van der Waals surface area contributed by atoms with Crippen LogP contribution in [0.2, 0.25) is 0 Å². The van der Waals surface area contributed by atoms with Crippen molar-refractivity contribution in [2.75, 3.05) is 22.4 Å². The zero-order valence-electron chi connectivity index (χ0n) is 20.8. The highest BCUT2D eigenvalue weighted by atomic mass is 32.2. The Bertz CT molecular complexity index is 1310. The van der Waals surface area contributed by atoms with Gasteiger partial charge in [-0.3, -0.25) is 13.9 Å². The number of hydrogen-bond acceptors (Lipinski definition) is 4. The van der Waals surface area contributed by atoms with Gasteiger partial charge in [0.15, 0.2) is 5.78 Å². The summed E-state index contributed by atoms with van der Waals surface area (Å²) in [5.74, 6) is -0.663. The van der Waals surface area contributed by atoms with Crippen molar-refractivity contribution in [2.24, 2.45) is 0 Å². The van der Waals surface area contributed by atoms with Crippen LogP contribution in [-0.2, 0) is 26.7 Å². The molecule has 0 bridgehead atoms. The zero-order chi connectivity index (χ0) is 25.8. The average Bonchev–Trinajstić information content (AvgIpc) is 2.81. The van der Waals surface area contributed by atoms with Crippen molar-refractivity contribution in [3.05, 3.63) is 95.1 Å². The molecule has 3 rings (SSSR count). The summed E-state index contributed by atoms with van der Waals surface area (Å²) in [4.78, 5) is 25.7. The molecule has 7 heteroatoms. The lowest BCUT2D eigenvalue weighted by atomic mass is 9.86. The summed E-state index contributed by atoms with van der Waals surface area (Å²) < 4.78 is 25.8. The third-order valence-electron chi connectivity index (χ3n) is 5.74. The molecular weight excluding hydrogens is 460 g/mol. The smallest absolute Gasteiger partial charge is 0.245 e. The normalized spacial score (nSPS) is 11.7. The number of aryl methyl sites for hydroxylation is 1. The number of carbonyl (C=O) groups is 2. The maximum Gasteiger partial charge on any atom is 0.245 e. The van der Waals surface area contributed by atoms with Gasteiger partial charge in [0.1, 0.15) is 6.54 Å². The van der Waals surface area contributed by atoms with Gasteiger partial charge in [-0.1, -0.05) is 76.2 Å². The Morgan fingerprint density at radius 3 is 2.06 bits per heavy atom. The molecule has 0 unspecified atom stereocenters. The van der Waals surface area contributed by atoms with E-state index in [4.69, 9.17) is 0 Å². The molecule has 0 saturated heterocycles. The number of hydrogen-bond donors (Lipinski definition) is 1. The van der Waals surface area contributed by atoms with E-state index >= 15 is 0 Å². The summed E-state index contributed by atoms with van der Waals surface area (Å²) in [6, 6.07) is 21.2. The molecule has 0 aliphatic carbocycles.